The van der Waals surface area contributed by atoms with Crippen molar-refractivity contribution in [1.82, 2.24) is 10.2 Å². The Labute approximate surface area is 186 Å². The number of hydrogen-bond donors (Lipinski definition) is 2. The molecule has 2 amide bonds. The molecule has 6 nitrogen and oxygen atoms in total. The summed E-state index contributed by atoms with van der Waals surface area (Å²) in [6, 6.07) is 20.2. The molecule has 1 aliphatic heterocycles. The number of anilines is 1. The highest BCUT2D eigenvalue weighted by molar-refractivity contribution is 6.30. The zero-order valence-electron chi connectivity index (χ0n) is 17.0. The first kappa shape index (κ1) is 21.2. The quantitative estimate of drug-likeness (QED) is 0.598. The summed E-state index contributed by atoms with van der Waals surface area (Å²) in [6.45, 7) is 1.85. The number of benzene rings is 2. The molecular formula is C24H24ClN3O3. The van der Waals surface area contributed by atoms with Gasteiger partial charge in [-0.15, -0.1) is 0 Å². The van der Waals surface area contributed by atoms with Gasteiger partial charge in [0.25, 0.3) is 5.91 Å². The van der Waals surface area contributed by atoms with Crippen LogP contribution in [0.25, 0.3) is 11.3 Å². The molecule has 160 valence electrons. The van der Waals surface area contributed by atoms with E-state index in [1.807, 2.05) is 42.5 Å². The van der Waals surface area contributed by atoms with Crippen molar-refractivity contribution < 1.29 is 14.0 Å². The molecule has 2 heterocycles. The summed E-state index contributed by atoms with van der Waals surface area (Å²) in [6.07, 6.45) is 1.57. The molecule has 31 heavy (non-hydrogen) atoms. The fourth-order valence-corrected chi connectivity index (χ4v) is 3.77. The van der Waals surface area contributed by atoms with Crippen LogP contribution in [0.2, 0.25) is 5.02 Å². The minimum absolute atomic E-state index is 0.0287. The van der Waals surface area contributed by atoms with Gasteiger partial charge in [-0.2, -0.15) is 0 Å². The van der Waals surface area contributed by atoms with Gasteiger partial charge in [0.1, 0.15) is 5.76 Å². The SMILES string of the molecule is O=C(CN1CCC(NC(=O)c2ccc(-c3ccc(Cl)cc3)o2)CC1)Nc1ccccc1. The average molecular weight is 438 g/mol. The lowest BCUT2D eigenvalue weighted by molar-refractivity contribution is -0.117. The van der Waals surface area contributed by atoms with Crippen molar-refractivity contribution in [2.24, 2.45) is 0 Å². The van der Waals surface area contributed by atoms with E-state index in [0.29, 0.717) is 17.3 Å². The molecule has 1 saturated heterocycles. The Balaban J connectivity index is 1.24. The molecule has 1 fully saturated rings. The summed E-state index contributed by atoms with van der Waals surface area (Å²) in [4.78, 5) is 26.9. The number of carbonyl (C=O) groups excluding carboxylic acids is 2. The van der Waals surface area contributed by atoms with Crippen molar-refractivity contribution in [3.05, 3.63) is 77.5 Å². The van der Waals surface area contributed by atoms with E-state index in [2.05, 4.69) is 15.5 Å². The molecule has 4 rings (SSSR count). The van der Waals surface area contributed by atoms with Gasteiger partial charge in [-0.25, -0.2) is 0 Å². The number of para-hydroxylation sites is 1. The number of likely N-dealkylation sites (tertiary alicyclic amines) is 1. The molecule has 0 radical (unpaired) electrons. The van der Waals surface area contributed by atoms with Crippen molar-refractivity contribution in [3.63, 3.8) is 0 Å². The number of rotatable bonds is 6. The van der Waals surface area contributed by atoms with Gasteiger partial charge in [0.15, 0.2) is 5.76 Å². The highest BCUT2D eigenvalue weighted by Gasteiger charge is 2.23. The third-order valence-corrected chi connectivity index (χ3v) is 5.56. The normalized spacial score (nSPS) is 14.9. The molecule has 1 aliphatic rings. The Morgan fingerprint density at radius 2 is 1.68 bits per heavy atom. The molecule has 7 heteroatoms. The van der Waals surface area contributed by atoms with Crippen LogP contribution in [0.15, 0.2) is 71.1 Å². The number of nitrogens with one attached hydrogen (secondary N) is 2. The highest BCUT2D eigenvalue weighted by atomic mass is 35.5. The summed E-state index contributed by atoms with van der Waals surface area (Å²) in [5, 5.41) is 6.59. The van der Waals surface area contributed by atoms with Crippen LogP contribution in [0, 0.1) is 0 Å². The Bertz CT molecular complexity index is 1030. The molecule has 0 atom stereocenters. The van der Waals surface area contributed by atoms with Crippen LogP contribution in [-0.4, -0.2) is 42.4 Å². The Morgan fingerprint density at radius 1 is 0.968 bits per heavy atom. The summed E-state index contributed by atoms with van der Waals surface area (Å²) >= 11 is 5.92. The highest BCUT2D eigenvalue weighted by Crippen LogP contribution is 2.24. The lowest BCUT2D eigenvalue weighted by atomic mass is 10.0. The number of furan rings is 1. The average Bonchev–Trinajstić information content (AvgIpc) is 3.27. The van der Waals surface area contributed by atoms with Gasteiger partial charge < -0.3 is 15.1 Å². The largest absolute Gasteiger partial charge is 0.451 e. The molecule has 0 saturated carbocycles. The van der Waals surface area contributed by atoms with E-state index < -0.39 is 0 Å². The number of piperidine rings is 1. The summed E-state index contributed by atoms with van der Waals surface area (Å²) in [5.41, 5.74) is 1.66. The maximum absolute atomic E-state index is 12.6. The van der Waals surface area contributed by atoms with Crippen molar-refractivity contribution in [1.29, 1.82) is 0 Å². The first-order valence-electron chi connectivity index (χ1n) is 10.3. The molecule has 3 aromatic rings. The monoisotopic (exact) mass is 437 g/mol. The van der Waals surface area contributed by atoms with Crippen LogP contribution in [0.5, 0.6) is 0 Å². The fourth-order valence-electron chi connectivity index (χ4n) is 3.65. The van der Waals surface area contributed by atoms with Gasteiger partial charge in [0.2, 0.25) is 5.91 Å². The Hall–Kier alpha value is -3.09. The number of amides is 2. The first-order chi connectivity index (χ1) is 15.1. The van der Waals surface area contributed by atoms with Gasteiger partial charge in [-0.1, -0.05) is 29.8 Å². The van der Waals surface area contributed by atoms with Crippen molar-refractivity contribution in [3.8, 4) is 11.3 Å². The van der Waals surface area contributed by atoms with Crippen LogP contribution < -0.4 is 10.6 Å². The standard InChI is InChI=1S/C24H24ClN3O3/c25-18-8-6-17(7-9-18)21-10-11-22(31-21)24(30)27-20-12-14-28(15-13-20)16-23(29)26-19-4-2-1-3-5-19/h1-11,20H,12-16H2,(H,26,29)(H,27,30). The summed E-state index contributed by atoms with van der Waals surface area (Å²) in [5.74, 6) is 0.662. The van der Waals surface area contributed by atoms with E-state index in [1.54, 1.807) is 24.3 Å². The predicted molar refractivity (Wildman–Crippen MR) is 121 cm³/mol. The van der Waals surface area contributed by atoms with Crippen LogP contribution in [0.4, 0.5) is 5.69 Å². The summed E-state index contributed by atoms with van der Waals surface area (Å²) < 4.78 is 5.72. The molecular weight excluding hydrogens is 414 g/mol. The molecule has 2 aromatic carbocycles. The lowest BCUT2D eigenvalue weighted by Gasteiger charge is -2.31. The topological polar surface area (TPSA) is 74.6 Å². The summed E-state index contributed by atoms with van der Waals surface area (Å²) in [7, 11) is 0. The van der Waals surface area contributed by atoms with Gasteiger partial charge in [0.05, 0.1) is 6.54 Å². The van der Waals surface area contributed by atoms with Crippen LogP contribution in [0.1, 0.15) is 23.4 Å². The first-order valence-corrected chi connectivity index (χ1v) is 10.7. The lowest BCUT2D eigenvalue weighted by Crippen LogP contribution is -2.46. The minimum Gasteiger partial charge on any atom is -0.451 e. The molecule has 0 spiro atoms. The zero-order valence-corrected chi connectivity index (χ0v) is 17.8. The van der Waals surface area contributed by atoms with Gasteiger partial charge >= 0.3 is 0 Å². The number of nitrogens with zero attached hydrogens (tertiary/aromatic N) is 1. The van der Waals surface area contributed by atoms with E-state index in [0.717, 1.165) is 37.2 Å². The van der Waals surface area contributed by atoms with Gasteiger partial charge in [0, 0.05) is 35.4 Å². The third-order valence-electron chi connectivity index (χ3n) is 5.31. The maximum atomic E-state index is 12.6. The molecule has 2 N–H and O–H groups in total. The second-order valence-electron chi connectivity index (χ2n) is 7.61. The molecule has 0 unspecified atom stereocenters. The second kappa shape index (κ2) is 9.81. The molecule has 0 aliphatic carbocycles. The molecule has 0 bridgehead atoms. The smallest absolute Gasteiger partial charge is 0.287 e. The van der Waals surface area contributed by atoms with Crippen molar-refractivity contribution in [2.45, 2.75) is 18.9 Å². The second-order valence-corrected chi connectivity index (χ2v) is 8.05. The van der Waals surface area contributed by atoms with Crippen LogP contribution in [0.3, 0.4) is 0 Å². The van der Waals surface area contributed by atoms with Crippen molar-refractivity contribution in [2.75, 3.05) is 25.0 Å². The molecule has 1 aromatic heterocycles. The third kappa shape index (κ3) is 5.75. The van der Waals surface area contributed by atoms with E-state index in [9.17, 15) is 9.59 Å². The van der Waals surface area contributed by atoms with E-state index in [1.165, 1.54) is 0 Å². The number of halogens is 1. The van der Waals surface area contributed by atoms with Gasteiger partial charge in [-0.3, -0.25) is 14.5 Å². The van der Waals surface area contributed by atoms with E-state index in [-0.39, 0.29) is 23.6 Å². The van der Waals surface area contributed by atoms with Crippen LogP contribution in [-0.2, 0) is 4.79 Å². The fraction of sp³-hybridized carbons (Fsp3) is 0.250. The van der Waals surface area contributed by atoms with Crippen LogP contribution >= 0.6 is 11.6 Å². The zero-order chi connectivity index (χ0) is 21.6. The number of carbonyl (C=O) groups is 2. The van der Waals surface area contributed by atoms with Gasteiger partial charge in [-0.05, 0) is 61.4 Å². The predicted octanol–water partition coefficient (Wildman–Crippen LogP) is 4.43. The van der Waals surface area contributed by atoms with E-state index >= 15 is 0 Å². The Kier molecular flexibility index (Phi) is 6.70. The van der Waals surface area contributed by atoms with Crippen molar-refractivity contribution >= 4 is 29.1 Å². The van der Waals surface area contributed by atoms with E-state index in [4.69, 9.17) is 16.0 Å². The maximum Gasteiger partial charge on any atom is 0.287 e. The minimum atomic E-state index is -0.222. The number of hydrogen-bond acceptors (Lipinski definition) is 4. The Morgan fingerprint density at radius 3 is 2.39 bits per heavy atom.